The number of thioether (sulfide) groups is 1. The summed E-state index contributed by atoms with van der Waals surface area (Å²) in [4.78, 5) is 49.5. The van der Waals surface area contributed by atoms with E-state index in [4.69, 9.17) is 9.47 Å². The number of amides is 3. The van der Waals surface area contributed by atoms with Gasteiger partial charge in [-0.05, 0) is 84.8 Å². The first-order chi connectivity index (χ1) is 20.2. The lowest BCUT2D eigenvalue weighted by Gasteiger charge is -2.17. The van der Waals surface area contributed by atoms with Crippen LogP contribution in [0.25, 0.3) is 6.08 Å². The number of nitro groups is 1. The maximum Gasteiger partial charge on any atom is 0.294 e. The number of halogens is 1. The topological polar surface area (TPSA) is 128 Å². The second-order valence-electron chi connectivity index (χ2n) is 8.97. The molecule has 1 aliphatic rings. The molecule has 12 heteroatoms. The van der Waals surface area contributed by atoms with Crippen molar-refractivity contribution in [1.29, 1.82) is 0 Å². The minimum Gasteiger partial charge on any atom is -0.490 e. The van der Waals surface area contributed by atoms with Gasteiger partial charge in [-0.25, -0.2) is 4.39 Å². The van der Waals surface area contributed by atoms with Crippen LogP contribution in [0.1, 0.15) is 23.6 Å². The number of carbonyl (C=O) groups excluding carboxylic acids is 3. The second-order valence-corrected chi connectivity index (χ2v) is 9.96. The van der Waals surface area contributed by atoms with E-state index in [1.165, 1.54) is 36.4 Å². The molecule has 3 aromatic carbocycles. The zero-order valence-corrected chi connectivity index (χ0v) is 23.3. The number of allylic oxidation sites excluding steroid dienone is 1. The SMILES string of the molecule is C=CCc1cc(/C=C2/SC(=O)N(CC(=O)Nc3cccc(F)c3)C2=O)cc(OCC)c1OCc1ccc([N+](=O)[O-])cc1. The Labute approximate surface area is 245 Å². The van der Waals surface area contributed by atoms with E-state index in [1.807, 2.05) is 0 Å². The van der Waals surface area contributed by atoms with Crippen LogP contribution < -0.4 is 14.8 Å². The summed E-state index contributed by atoms with van der Waals surface area (Å²) in [6, 6.07) is 14.7. The fraction of sp³-hybridized carbons (Fsp3) is 0.167. The van der Waals surface area contributed by atoms with Gasteiger partial charge < -0.3 is 14.8 Å². The highest BCUT2D eigenvalue weighted by molar-refractivity contribution is 8.18. The van der Waals surface area contributed by atoms with E-state index in [0.29, 0.717) is 53.0 Å². The zero-order chi connectivity index (χ0) is 30.2. The minimum absolute atomic E-state index is 0.0258. The molecule has 0 aliphatic carbocycles. The number of rotatable bonds is 12. The molecule has 0 bridgehead atoms. The highest BCUT2D eigenvalue weighted by Gasteiger charge is 2.36. The molecule has 3 amide bonds. The first kappa shape index (κ1) is 30.0. The standard InChI is InChI=1S/C30H26FN3O7S/c1-3-6-21-13-20(14-25(40-4-2)28(21)41-18-19-9-11-24(12-10-19)34(38)39)15-26-29(36)33(30(37)42-26)17-27(35)32-23-8-5-7-22(31)16-23/h3,5,7-16H,1,4,6,17-18H2,2H3,(H,32,35)/b26-15+. The van der Waals surface area contributed by atoms with Crippen LogP contribution in [0, 0.1) is 15.9 Å². The average Bonchev–Trinajstić information content (AvgIpc) is 3.20. The van der Waals surface area contributed by atoms with E-state index in [2.05, 4.69) is 11.9 Å². The summed E-state index contributed by atoms with van der Waals surface area (Å²) in [5, 5.41) is 12.8. The highest BCUT2D eigenvalue weighted by atomic mass is 32.2. The van der Waals surface area contributed by atoms with Crippen molar-refractivity contribution in [3.8, 4) is 11.5 Å². The van der Waals surface area contributed by atoms with Crippen molar-refractivity contribution in [1.82, 2.24) is 4.90 Å². The quantitative estimate of drug-likeness (QED) is 0.116. The Morgan fingerprint density at radius 2 is 1.90 bits per heavy atom. The van der Waals surface area contributed by atoms with Crippen LogP contribution in [-0.2, 0) is 22.6 Å². The molecule has 0 atom stereocenters. The largest absolute Gasteiger partial charge is 0.490 e. The van der Waals surface area contributed by atoms with E-state index < -0.39 is 34.3 Å². The molecule has 216 valence electrons. The fourth-order valence-corrected chi connectivity index (χ4v) is 4.91. The molecule has 0 radical (unpaired) electrons. The number of carbonyl (C=O) groups is 3. The van der Waals surface area contributed by atoms with Gasteiger partial charge in [-0.15, -0.1) is 6.58 Å². The summed E-state index contributed by atoms with van der Waals surface area (Å²) >= 11 is 0.699. The number of hydrogen-bond acceptors (Lipinski definition) is 8. The van der Waals surface area contributed by atoms with Crippen LogP contribution in [0.5, 0.6) is 11.5 Å². The van der Waals surface area contributed by atoms with Crippen LogP contribution in [-0.4, -0.2) is 40.0 Å². The van der Waals surface area contributed by atoms with Crippen molar-refractivity contribution < 1.29 is 33.2 Å². The van der Waals surface area contributed by atoms with Crippen LogP contribution >= 0.6 is 11.8 Å². The smallest absolute Gasteiger partial charge is 0.294 e. The third kappa shape index (κ3) is 7.40. The molecule has 0 unspecified atom stereocenters. The number of hydrogen-bond donors (Lipinski definition) is 1. The molecule has 3 aromatic rings. The predicted molar refractivity (Wildman–Crippen MR) is 157 cm³/mol. The third-order valence-corrected chi connectivity index (χ3v) is 6.84. The van der Waals surface area contributed by atoms with Crippen LogP contribution in [0.3, 0.4) is 0 Å². The van der Waals surface area contributed by atoms with Crippen molar-refractivity contribution in [2.45, 2.75) is 20.0 Å². The lowest BCUT2D eigenvalue weighted by molar-refractivity contribution is -0.384. The van der Waals surface area contributed by atoms with Crippen LogP contribution in [0.15, 0.2) is 78.2 Å². The van der Waals surface area contributed by atoms with Gasteiger partial charge in [0.1, 0.15) is 19.0 Å². The minimum atomic E-state index is -0.648. The van der Waals surface area contributed by atoms with E-state index in [0.717, 1.165) is 11.0 Å². The molecule has 1 N–H and O–H groups in total. The number of non-ortho nitro benzene ring substituents is 1. The lowest BCUT2D eigenvalue weighted by Crippen LogP contribution is -2.36. The van der Waals surface area contributed by atoms with E-state index in [-0.39, 0.29) is 22.9 Å². The number of nitrogens with zero attached hydrogens (tertiary/aromatic N) is 2. The number of ether oxygens (including phenoxy) is 2. The van der Waals surface area contributed by atoms with Crippen molar-refractivity contribution in [3.63, 3.8) is 0 Å². The normalized spacial score (nSPS) is 13.8. The van der Waals surface area contributed by atoms with E-state index in [1.54, 1.807) is 37.3 Å². The number of nitrogens with one attached hydrogen (secondary N) is 1. The van der Waals surface area contributed by atoms with Crippen molar-refractivity contribution >= 4 is 46.3 Å². The number of imide groups is 1. The maximum atomic E-state index is 13.4. The van der Waals surface area contributed by atoms with Crippen molar-refractivity contribution in [2.75, 3.05) is 18.5 Å². The summed E-state index contributed by atoms with van der Waals surface area (Å²) in [6.45, 7) is 5.52. The van der Waals surface area contributed by atoms with Gasteiger partial charge in [0.05, 0.1) is 16.4 Å². The molecular weight excluding hydrogens is 565 g/mol. The van der Waals surface area contributed by atoms with Gasteiger partial charge in [0.25, 0.3) is 16.8 Å². The number of benzene rings is 3. The van der Waals surface area contributed by atoms with E-state index >= 15 is 0 Å². The number of anilines is 1. The lowest BCUT2D eigenvalue weighted by atomic mass is 10.0. The first-order valence-electron chi connectivity index (χ1n) is 12.8. The van der Waals surface area contributed by atoms with Crippen molar-refractivity contribution in [2.24, 2.45) is 0 Å². The van der Waals surface area contributed by atoms with Gasteiger partial charge in [-0.1, -0.05) is 12.1 Å². The molecule has 10 nitrogen and oxygen atoms in total. The molecule has 1 aliphatic heterocycles. The Kier molecular flexibility index (Phi) is 9.71. The van der Waals surface area contributed by atoms with Gasteiger partial charge in [-0.3, -0.25) is 29.4 Å². The molecular formula is C30H26FN3O7S. The molecule has 4 rings (SSSR count). The van der Waals surface area contributed by atoms with Gasteiger partial charge in [-0.2, -0.15) is 0 Å². The molecule has 1 heterocycles. The molecule has 1 saturated heterocycles. The Morgan fingerprint density at radius 3 is 2.57 bits per heavy atom. The Bertz CT molecular complexity index is 1570. The van der Waals surface area contributed by atoms with Crippen LogP contribution in [0.4, 0.5) is 20.6 Å². The molecule has 42 heavy (non-hydrogen) atoms. The maximum absolute atomic E-state index is 13.4. The summed E-state index contributed by atoms with van der Waals surface area (Å²) in [5.74, 6) is -0.966. The molecule has 1 fully saturated rings. The average molecular weight is 592 g/mol. The predicted octanol–water partition coefficient (Wildman–Crippen LogP) is 6.12. The Hall–Kier alpha value is -4.97. The monoisotopic (exact) mass is 591 g/mol. The molecule has 0 aromatic heterocycles. The Balaban J connectivity index is 1.54. The van der Waals surface area contributed by atoms with Gasteiger partial charge in [0.15, 0.2) is 11.5 Å². The summed E-state index contributed by atoms with van der Waals surface area (Å²) < 4.78 is 25.3. The fourth-order valence-electron chi connectivity index (χ4n) is 4.07. The summed E-state index contributed by atoms with van der Waals surface area (Å²) in [7, 11) is 0. The first-order valence-corrected chi connectivity index (χ1v) is 13.6. The highest BCUT2D eigenvalue weighted by Crippen LogP contribution is 2.38. The zero-order valence-electron chi connectivity index (χ0n) is 22.5. The van der Waals surface area contributed by atoms with Gasteiger partial charge >= 0.3 is 0 Å². The second kappa shape index (κ2) is 13.6. The van der Waals surface area contributed by atoms with Crippen molar-refractivity contribution in [3.05, 3.63) is 111 Å². The molecule has 0 spiro atoms. The summed E-state index contributed by atoms with van der Waals surface area (Å²) in [6.07, 6.45) is 3.61. The van der Waals surface area contributed by atoms with E-state index in [9.17, 15) is 28.9 Å². The number of nitro benzene ring substituents is 1. The van der Waals surface area contributed by atoms with Crippen LogP contribution in [0.2, 0.25) is 0 Å². The van der Waals surface area contributed by atoms with Gasteiger partial charge in [0.2, 0.25) is 5.91 Å². The Morgan fingerprint density at radius 1 is 1.14 bits per heavy atom. The summed E-state index contributed by atoms with van der Waals surface area (Å²) in [5.41, 5.74) is 2.16. The molecule has 0 saturated carbocycles. The van der Waals surface area contributed by atoms with Gasteiger partial charge in [0, 0.05) is 23.4 Å². The third-order valence-electron chi connectivity index (χ3n) is 5.93.